The number of hydrogen-bond acceptors (Lipinski definition) is 4. The number of carbonyl (C=O) groups is 1. The van der Waals surface area contributed by atoms with E-state index in [0.29, 0.717) is 17.8 Å². The topological polar surface area (TPSA) is 48.5 Å². The fourth-order valence-electron chi connectivity index (χ4n) is 2.33. The van der Waals surface area contributed by atoms with Crippen LogP contribution in [0.5, 0.6) is 0 Å². The molecular weight excluding hydrogens is 264 g/mol. The summed E-state index contributed by atoms with van der Waals surface area (Å²) < 4.78 is 0. The number of carbonyl (C=O) groups excluding carboxylic acids is 1. The number of rotatable bonds is 7. The average molecular weight is 292 g/mol. The van der Waals surface area contributed by atoms with Crippen molar-refractivity contribution in [1.29, 1.82) is 0 Å². The normalized spacial score (nSPS) is 11.3. The zero-order chi connectivity index (χ0) is 16.0. The van der Waals surface area contributed by atoms with Gasteiger partial charge in [0, 0.05) is 51.2 Å². The molecule has 0 bridgehead atoms. The number of pyridine rings is 1. The lowest BCUT2D eigenvalue weighted by atomic mass is 10.2. The predicted octanol–water partition coefficient (Wildman–Crippen LogP) is 2.31. The number of hydrogen-bond donors (Lipinski definition) is 1. The van der Waals surface area contributed by atoms with Crippen LogP contribution in [-0.4, -0.2) is 60.0 Å². The molecule has 0 fully saturated rings. The molecule has 0 saturated heterocycles. The summed E-state index contributed by atoms with van der Waals surface area (Å²) in [6, 6.07) is 4.74. The molecule has 0 atom stereocenters. The van der Waals surface area contributed by atoms with E-state index in [9.17, 15) is 4.79 Å². The van der Waals surface area contributed by atoms with Crippen molar-refractivity contribution in [2.24, 2.45) is 0 Å². The molecule has 1 aromatic rings. The lowest BCUT2D eigenvalue weighted by Gasteiger charge is -2.30. The van der Waals surface area contributed by atoms with Crippen LogP contribution in [0.1, 0.15) is 38.2 Å². The van der Waals surface area contributed by atoms with Crippen LogP contribution in [-0.2, 0) is 0 Å². The summed E-state index contributed by atoms with van der Waals surface area (Å²) >= 11 is 0. The minimum atomic E-state index is -0.0790. The van der Waals surface area contributed by atoms with E-state index in [-0.39, 0.29) is 5.91 Å². The van der Waals surface area contributed by atoms with Crippen molar-refractivity contribution in [2.45, 2.75) is 39.8 Å². The van der Waals surface area contributed by atoms with Gasteiger partial charge in [0.05, 0.1) is 0 Å². The van der Waals surface area contributed by atoms with Crippen molar-refractivity contribution in [3.8, 4) is 0 Å². The second-order valence-electron chi connectivity index (χ2n) is 5.98. The van der Waals surface area contributed by atoms with Gasteiger partial charge in [0.15, 0.2) is 0 Å². The van der Waals surface area contributed by atoms with Crippen LogP contribution >= 0.6 is 0 Å². The number of nitrogens with one attached hydrogen (secondary N) is 1. The predicted molar refractivity (Wildman–Crippen MR) is 87.7 cm³/mol. The van der Waals surface area contributed by atoms with Gasteiger partial charge in [0.25, 0.3) is 5.91 Å². The smallest absolute Gasteiger partial charge is 0.272 e. The van der Waals surface area contributed by atoms with Crippen LogP contribution in [0.25, 0.3) is 0 Å². The minimum absolute atomic E-state index is 0.0790. The van der Waals surface area contributed by atoms with Gasteiger partial charge in [-0.25, -0.2) is 0 Å². The van der Waals surface area contributed by atoms with Crippen LogP contribution in [0.15, 0.2) is 18.3 Å². The largest absolute Gasteiger partial charge is 0.384 e. The summed E-state index contributed by atoms with van der Waals surface area (Å²) in [6.07, 6.45) is 1.67. The highest BCUT2D eigenvalue weighted by molar-refractivity contribution is 5.92. The van der Waals surface area contributed by atoms with Crippen molar-refractivity contribution in [1.82, 2.24) is 14.8 Å². The van der Waals surface area contributed by atoms with E-state index in [1.165, 1.54) is 4.90 Å². The Morgan fingerprint density at radius 3 is 2.38 bits per heavy atom. The van der Waals surface area contributed by atoms with Gasteiger partial charge in [0.1, 0.15) is 5.69 Å². The third-order valence-corrected chi connectivity index (χ3v) is 3.41. The van der Waals surface area contributed by atoms with Crippen LogP contribution in [0.4, 0.5) is 5.69 Å². The molecule has 0 unspecified atom stereocenters. The Hall–Kier alpha value is -1.62. The van der Waals surface area contributed by atoms with Gasteiger partial charge < -0.3 is 10.2 Å². The maximum atomic E-state index is 11.9. The third kappa shape index (κ3) is 5.34. The first-order valence-corrected chi connectivity index (χ1v) is 7.50. The molecule has 0 aliphatic rings. The maximum Gasteiger partial charge on any atom is 0.272 e. The van der Waals surface area contributed by atoms with E-state index >= 15 is 0 Å². The van der Waals surface area contributed by atoms with Crippen molar-refractivity contribution in [2.75, 3.05) is 32.5 Å². The molecule has 1 rings (SSSR count). The summed E-state index contributed by atoms with van der Waals surface area (Å²) in [4.78, 5) is 20.0. The summed E-state index contributed by atoms with van der Waals surface area (Å²) in [5.41, 5.74) is 1.40. The molecule has 0 radical (unpaired) electrons. The van der Waals surface area contributed by atoms with Crippen molar-refractivity contribution >= 4 is 11.6 Å². The molecule has 0 aliphatic heterocycles. The second kappa shape index (κ2) is 7.98. The van der Waals surface area contributed by atoms with Gasteiger partial charge in [-0.2, -0.15) is 0 Å². The number of aromatic nitrogens is 1. The highest BCUT2D eigenvalue weighted by Crippen LogP contribution is 2.10. The molecule has 21 heavy (non-hydrogen) atoms. The molecular formula is C16H28N4O. The minimum Gasteiger partial charge on any atom is -0.384 e. The molecule has 5 heteroatoms. The molecule has 1 aromatic heterocycles. The molecule has 0 aromatic carbocycles. The summed E-state index contributed by atoms with van der Waals surface area (Å²) in [6.45, 7) is 10.6. The lowest BCUT2D eigenvalue weighted by molar-refractivity contribution is 0.0822. The quantitative estimate of drug-likeness (QED) is 0.838. The number of anilines is 1. The second-order valence-corrected chi connectivity index (χ2v) is 5.98. The van der Waals surface area contributed by atoms with E-state index in [1.807, 2.05) is 6.07 Å². The van der Waals surface area contributed by atoms with Gasteiger partial charge in [-0.3, -0.25) is 14.7 Å². The highest BCUT2D eigenvalue weighted by Gasteiger charge is 2.13. The monoisotopic (exact) mass is 292 g/mol. The first-order valence-electron chi connectivity index (χ1n) is 7.50. The fraction of sp³-hybridized carbons (Fsp3) is 0.625. The molecule has 5 nitrogen and oxygen atoms in total. The number of nitrogens with zero attached hydrogens (tertiary/aromatic N) is 3. The third-order valence-electron chi connectivity index (χ3n) is 3.41. The van der Waals surface area contributed by atoms with Crippen molar-refractivity contribution < 1.29 is 4.79 Å². The number of amides is 1. The molecule has 0 aliphatic carbocycles. The Morgan fingerprint density at radius 1 is 1.24 bits per heavy atom. The van der Waals surface area contributed by atoms with Gasteiger partial charge in [0.2, 0.25) is 0 Å². The van der Waals surface area contributed by atoms with Gasteiger partial charge in [-0.15, -0.1) is 0 Å². The van der Waals surface area contributed by atoms with E-state index in [2.05, 4.69) is 42.9 Å². The molecule has 0 spiro atoms. The summed E-state index contributed by atoms with van der Waals surface area (Å²) in [5, 5.41) is 3.37. The Kier molecular flexibility index (Phi) is 6.62. The summed E-state index contributed by atoms with van der Waals surface area (Å²) in [7, 11) is 3.46. The Morgan fingerprint density at radius 2 is 1.86 bits per heavy atom. The molecule has 1 heterocycles. The van der Waals surface area contributed by atoms with Crippen LogP contribution in [0.3, 0.4) is 0 Å². The van der Waals surface area contributed by atoms with E-state index < -0.39 is 0 Å². The van der Waals surface area contributed by atoms with Crippen LogP contribution in [0.2, 0.25) is 0 Å². The fourth-order valence-corrected chi connectivity index (χ4v) is 2.33. The van der Waals surface area contributed by atoms with Gasteiger partial charge in [-0.1, -0.05) is 0 Å². The van der Waals surface area contributed by atoms with Crippen LogP contribution < -0.4 is 5.32 Å². The molecule has 118 valence electrons. The zero-order valence-corrected chi connectivity index (χ0v) is 14.1. The van der Waals surface area contributed by atoms with Gasteiger partial charge in [-0.05, 0) is 39.8 Å². The van der Waals surface area contributed by atoms with Crippen molar-refractivity contribution in [3.63, 3.8) is 0 Å². The SMILES string of the molecule is CC(C)N(CCNc1ccnc(C(=O)N(C)C)c1)C(C)C. The zero-order valence-electron chi connectivity index (χ0n) is 14.1. The highest BCUT2D eigenvalue weighted by atomic mass is 16.2. The Balaban J connectivity index is 2.60. The van der Waals surface area contributed by atoms with Crippen LogP contribution in [0, 0.1) is 0 Å². The molecule has 0 saturated carbocycles. The molecule has 1 amide bonds. The standard InChI is InChI=1S/C16H28N4O/c1-12(2)20(13(3)4)10-9-17-14-7-8-18-15(11-14)16(21)19(5)6/h7-8,11-13H,9-10H2,1-6H3,(H,17,18). The van der Waals surface area contributed by atoms with E-state index in [4.69, 9.17) is 0 Å². The average Bonchev–Trinajstić information content (AvgIpc) is 2.42. The Bertz CT molecular complexity index is 449. The maximum absolute atomic E-state index is 11.9. The first kappa shape index (κ1) is 17.4. The molecule has 1 N–H and O–H groups in total. The van der Waals surface area contributed by atoms with E-state index in [0.717, 1.165) is 18.8 Å². The summed E-state index contributed by atoms with van der Waals surface area (Å²) in [5.74, 6) is -0.0790. The van der Waals surface area contributed by atoms with Gasteiger partial charge >= 0.3 is 0 Å². The van der Waals surface area contributed by atoms with E-state index in [1.54, 1.807) is 26.4 Å². The van der Waals surface area contributed by atoms with Crippen molar-refractivity contribution in [3.05, 3.63) is 24.0 Å². The first-order chi connectivity index (χ1) is 9.82. The lowest BCUT2D eigenvalue weighted by Crippen LogP contribution is -2.40. The Labute approximate surface area is 128 Å².